The molecule has 7 heteroatoms. The Labute approximate surface area is 181 Å². The van der Waals surface area contributed by atoms with Crippen LogP contribution in [-0.4, -0.2) is 37.4 Å². The van der Waals surface area contributed by atoms with Gasteiger partial charge in [0.15, 0.2) is 6.61 Å². The van der Waals surface area contributed by atoms with Gasteiger partial charge in [0.05, 0.1) is 11.5 Å². The molecule has 1 aromatic carbocycles. The number of fused-ring (bicyclic) bond motifs is 5. The van der Waals surface area contributed by atoms with Crippen molar-refractivity contribution in [3.8, 4) is 11.5 Å². The Morgan fingerprint density at radius 3 is 2.84 bits per heavy atom. The van der Waals surface area contributed by atoms with Gasteiger partial charge in [-0.25, -0.2) is 4.79 Å². The fourth-order valence-corrected chi connectivity index (χ4v) is 4.89. The second kappa shape index (κ2) is 7.86. The van der Waals surface area contributed by atoms with E-state index in [9.17, 15) is 9.59 Å². The quantitative estimate of drug-likeness (QED) is 0.738. The Balaban J connectivity index is 1.47. The number of rotatable bonds is 5. The minimum atomic E-state index is -0.312. The lowest BCUT2D eigenvalue weighted by Crippen LogP contribution is -2.35. The second-order valence-electron chi connectivity index (χ2n) is 9.35. The van der Waals surface area contributed by atoms with Gasteiger partial charge in [-0.15, -0.1) is 0 Å². The van der Waals surface area contributed by atoms with Crippen molar-refractivity contribution in [2.24, 2.45) is 0 Å². The van der Waals surface area contributed by atoms with Gasteiger partial charge in [-0.3, -0.25) is 4.79 Å². The average molecular weight is 427 g/mol. The maximum atomic E-state index is 12.6. The number of benzene rings is 1. The van der Waals surface area contributed by atoms with Crippen molar-refractivity contribution in [1.82, 2.24) is 5.32 Å². The first-order valence-electron chi connectivity index (χ1n) is 11.3. The molecule has 5 rings (SSSR count). The molecule has 1 N–H and O–H groups in total. The van der Waals surface area contributed by atoms with Crippen molar-refractivity contribution < 1.29 is 23.4 Å². The van der Waals surface area contributed by atoms with E-state index in [2.05, 4.69) is 5.32 Å². The van der Waals surface area contributed by atoms with Crippen LogP contribution in [-0.2, 0) is 28.8 Å². The van der Waals surface area contributed by atoms with Crippen LogP contribution >= 0.6 is 0 Å². The number of carbonyl (C=O) groups excluding carboxylic acids is 1. The molecule has 0 unspecified atom stereocenters. The molecular formula is C24H29NO6. The Kier molecular flexibility index (Phi) is 5.16. The van der Waals surface area contributed by atoms with E-state index in [1.54, 1.807) is 0 Å². The number of nitrogens with one attached hydrogen (secondary N) is 1. The first-order chi connectivity index (χ1) is 14.9. The third kappa shape index (κ3) is 3.91. The van der Waals surface area contributed by atoms with Crippen molar-refractivity contribution in [2.45, 2.75) is 70.5 Å². The van der Waals surface area contributed by atoms with Crippen molar-refractivity contribution in [2.75, 3.05) is 19.8 Å². The van der Waals surface area contributed by atoms with E-state index in [0.29, 0.717) is 23.6 Å². The predicted octanol–water partition coefficient (Wildman–Crippen LogP) is 3.06. The van der Waals surface area contributed by atoms with Gasteiger partial charge in [-0.2, -0.15) is 0 Å². The minimum Gasteiger partial charge on any atom is -0.487 e. The first-order valence-corrected chi connectivity index (χ1v) is 11.3. The van der Waals surface area contributed by atoms with Crippen LogP contribution in [0.25, 0.3) is 11.0 Å². The Morgan fingerprint density at radius 1 is 1.19 bits per heavy atom. The molecule has 0 spiro atoms. The van der Waals surface area contributed by atoms with E-state index in [1.807, 2.05) is 19.9 Å². The lowest BCUT2D eigenvalue weighted by Gasteiger charge is -2.33. The van der Waals surface area contributed by atoms with Gasteiger partial charge in [0.1, 0.15) is 22.7 Å². The molecule has 31 heavy (non-hydrogen) atoms. The third-order valence-corrected chi connectivity index (χ3v) is 6.54. The predicted molar refractivity (Wildman–Crippen MR) is 115 cm³/mol. The molecule has 2 aromatic rings. The molecule has 3 aliphatic rings. The number of amides is 1. The smallest absolute Gasteiger partial charge is 0.339 e. The first kappa shape index (κ1) is 20.4. The van der Waals surface area contributed by atoms with Gasteiger partial charge in [0, 0.05) is 30.3 Å². The van der Waals surface area contributed by atoms with Crippen LogP contribution in [0.15, 0.2) is 15.3 Å². The number of carbonyl (C=O) groups is 1. The molecule has 166 valence electrons. The summed E-state index contributed by atoms with van der Waals surface area (Å²) < 4.78 is 23.5. The van der Waals surface area contributed by atoms with Crippen molar-refractivity contribution in [1.29, 1.82) is 0 Å². The van der Waals surface area contributed by atoms with Crippen LogP contribution in [0.2, 0.25) is 0 Å². The van der Waals surface area contributed by atoms with Crippen LogP contribution in [0.3, 0.4) is 0 Å². The lowest BCUT2D eigenvalue weighted by atomic mass is 9.91. The van der Waals surface area contributed by atoms with E-state index >= 15 is 0 Å². The zero-order valence-corrected chi connectivity index (χ0v) is 18.2. The molecule has 1 fully saturated rings. The summed E-state index contributed by atoms with van der Waals surface area (Å²) in [5.74, 6) is 1.01. The molecule has 7 nitrogen and oxygen atoms in total. The molecule has 2 aliphatic heterocycles. The van der Waals surface area contributed by atoms with Gasteiger partial charge in [-0.1, -0.05) is 0 Å². The van der Waals surface area contributed by atoms with Crippen LogP contribution in [0.1, 0.15) is 56.2 Å². The molecule has 1 aromatic heterocycles. The highest BCUT2D eigenvalue weighted by atomic mass is 16.5. The van der Waals surface area contributed by atoms with Crippen molar-refractivity contribution in [3.05, 3.63) is 33.2 Å². The van der Waals surface area contributed by atoms with Gasteiger partial charge >= 0.3 is 5.63 Å². The van der Waals surface area contributed by atoms with Gasteiger partial charge in [0.2, 0.25) is 0 Å². The Hall–Kier alpha value is -2.54. The molecule has 3 heterocycles. The fraction of sp³-hybridized carbons (Fsp3) is 0.583. The van der Waals surface area contributed by atoms with Gasteiger partial charge in [-0.05, 0) is 64.4 Å². The molecule has 1 amide bonds. The van der Waals surface area contributed by atoms with E-state index < -0.39 is 0 Å². The minimum absolute atomic E-state index is 0.0849. The summed E-state index contributed by atoms with van der Waals surface area (Å²) >= 11 is 0. The monoisotopic (exact) mass is 427 g/mol. The second-order valence-corrected chi connectivity index (χ2v) is 9.35. The number of ether oxygens (including phenoxy) is 3. The highest BCUT2D eigenvalue weighted by molar-refractivity contribution is 5.93. The summed E-state index contributed by atoms with van der Waals surface area (Å²) in [7, 11) is 0. The van der Waals surface area contributed by atoms with Gasteiger partial charge in [0.25, 0.3) is 5.91 Å². The summed E-state index contributed by atoms with van der Waals surface area (Å²) in [6, 6.07) is 1.87. The summed E-state index contributed by atoms with van der Waals surface area (Å²) in [5, 5.41) is 3.71. The molecular weight excluding hydrogens is 398 g/mol. The topological polar surface area (TPSA) is 87.0 Å². The standard InChI is InChI=1S/C24H29NO6/c1-24(2)9-8-17-18(31-24)11-19(29-13-20(26)25-12-14-5-4-10-28-14)21-15-6-3-7-16(15)23(27)30-22(17)21/h11,14H,3-10,12-13H2,1-2H3,(H,25,26)/t14-/m0/s1. The summed E-state index contributed by atoms with van der Waals surface area (Å²) in [5.41, 5.74) is 2.61. The van der Waals surface area contributed by atoms with Crippen LogP contribution in [0, 0.1) is 0 Å². The molecule has 1 atom stereocenters. The van der Waals surface area contributed by atoms with E-state index in [4.69, 9.17) is 18.6 Å². The van der Waals surface area contributed by atoms with E-state index in [1.165, 1.54) is 0 Å². The molecule has 0 radical (unpaired) electrons. The molecule has 1 saturated heterocycles. The summed E-state index contributed by atoms with van der Waals surface area (Å²) in [6.45, 7) is 5.22. The highest BCUT2D eigenvalue weighted by Gasteiger charge is 2.32. The van der Waals surface area contributed by atoms with Crippen LogP contribution in [0.5, 0.6) is 11.5 Å². The number of hydrogen-bond donors (Lipinski definition) is 1. The maximum Gasteiger partial charge on any atom is 0.339 e. The largest absolute Gasteiger partial charge is 0.487 e. The third-order valence-electron chi connectivity index (χ3n) is 6.54. The number of hydrogen-bond acceptors (Lipinski definition) is 6. The summed E-state index contributed by atoms with van der Waals surface area (Å²) in [6.07, 6.45) is 6.13. The van der Waals surface area contributed by atoms with E-state index in [-0.39, 0.29) is 29.8 Å². The summed E-state index contributed by atoms with van der Waals surface area (Å²) in [4.78, 5) is 25.0. The normalized spacial score (nSPS) is 21.4. The zero-order chi connectivity index (χ0) is 21.6. The van der Waals surface area contributed by atoms with Crippen molar-refractivity contribution in [3.63, 3.8) is 0 Å². The molecule has 1 aliphatic carbocycles. The number of aryl methyl sites for hydroxylation is 2. The van der Waals surface area contributed by atoms with Crippen LogP contribution in [0.4, 0.5) is 0 Å². The zero-order valence-electron chi connectivity index (χ0n) is 18.2. The van der Waals surface area contributed by atoms with E-state index in [0.717, 1.165) is 73.6 Å². The van der Waals surface area contributed by atoms with Crippen LogP contribution < -0.4 is 20.4 Å². The van der Waals surface area contributed by atoms with Gasteiger partial charge < -0.3 is 23.9 Å². The molecule has 0 saturated carbocycles. The highest BCUT2D eigenvalue weighted by Crippen LogP contribution is 2.44. The lowest BCUT2D eigenvalue weighted by molar-refractivity contribution is -0.123. The SMILES string of the molecule is CC1(C)CCc2c(cc(OCC(=O)NC[C@@H]3CCCO3)c3c4c(c(=O)oc23)CCC4)O1. The maximum absolute atomic E-state index is 12.6. The fourth-order valence-electron chi connectivity index (χ4n) is 4.89. The van der Waals surface area contributed by atoms with Crippen molar-refractivity contribution >= 4 is 16.9 Å². The Bertz CT molecular complexity index is 1080. The average Bonchev–Trinajstić information content (AvgIpc) is 3.41. The Morgan fingerprint density at radius 2 is 2.03 bits per heavy atom. The molecule has 0 bridgehead atoms.